The van der Waals surface area contributed by atoms with Crippen LogP contribution >= 0.6 is 11.8 Å². The van der Waals surface area contributed by atoms with Gasteiger partial charge in [0, 0.05) is 16.2 Å². The van der Waals surface area contributed by atoms with Crippen LogP contribution in [0, 0.1) is 0 Å². The molecule has 0 radical (unpaired) electrons. The van der Waals surface area contributed by atoms with Crippen LogP contribution in [0.3, 0.4) is 0 Å². The molecule has 1 aromatic rings. The Hall–Kier alpha value is -1.02. The summed E-state index contributed by atoms with van der Waals surface area (Å²) in [4.78, 5) is 11.8. The Balaban J connectivity index is 2.47. The fraction of sp³-hybridized carbons (Fsp3) is 0.100. The van der Waals surface area contributed by atoms with Gasteiger partial charge in [-0.2, -0.15) is 0 Å². The van der Waals surface area contributed by atoms with Crippen LogP contribution in [0.5, 0.6) is 0 Å². The number of thioether (sulfide) groups is 1. The van der Waals surface area contributed by atoms with Crippen LogP contribution in [0.25, 0.3) is 6.08 Å². The quantitative estimate of drug-likeness (QED) is 0.611. The van der Waals surface area contributed by atoms with Gasteiger partial charge in [0.25, 0.3) is 0 Å². The summed E-state index contributed by atoms with van der Waals surface area (Å²) in [6, 6.07) is 8.12. The summed E-state index contributed by atoms with van der Waals surface area (Å²) in [5.74, 6) is 0.806. The van der Waals surface area contributed by atoms with E-state index in [9.17, 15) is 4.79 Å². The summed E-state index contributed by atoms with van der Waals surface area (Å²) in [6.45, 7) is 0. The van der Waals surface area contributed by atoms with Gasteiger partial charge in [-0.25, -0.2) is 0 Å². The van der Waals surface area contributed by atoms with E-state index in [4.69, 9.17) is 0 Å². The molecule has 0 saturated heterocycles. The normalized spacial score (nSPS) is 14.8. The fourth-order valence-corrected chi connectivity index (χ4v) is 2.14. The first-order valence-electron chi connectivity index (χ1n) is 3.78. The first-order chi connectivity index (χ1) is 5.90. The zero-order valence-corrected chi connectivity index (χ0v) is 7.30. The molecule has 0 bridgehead atoms. The van der Waals surface area contributed by atoms with Crippen LogP contribution in [-0.4, -0.2) is 12.0 Å². The zero-order chi connectivity index (χ0) is 8.39. The molecule has 0 atom stereocenters. The monoisotopic (exact) mass is 176 g/mol. The van der Waals surface area contributed by atoms with Gasteiger partial charge < -0.3 is 0 Å². The lowest BCUT2D eigenvalue weighted by Crippen LogP contribution is -1.95. The van der Waals surface area contributed by atoms with Crippen LogP contribution in [0.15, 0.2) is 34.7 Å². The molecule has 1 heterocycles. The highest BCUT2D eigenvalue weighted by molar-refractivity contribution is 7.99. The summed E-state index contributed by atoms with van der Waals surface area (Å²) in [5.41, 5.74) is 2.04. The highest BCUT2D eigenvalue weighted by Gasteiger charge is 2.08. The Morgan fingerprint density at radius 2 is 2.17 bits per heavy atom. The molecule has 1 aliphatic rings. The predicted molar refractivity (Wildman–Crippen MR) is 51.2 cm³/mol. The molecule has 1 nitrogen and oxygen atoms in total. The number of hydrogen-bond donors (Lipinski definition) is 0. The second-order valence-electron chi connectivity index (χ2n) is 2.66. The van der Waals surface area contributed by atoms with E-state index in [1.165, 1.54) is 4.90 Å². The Kier molecular flexibility index (Phi) is 2.00. The third kappa shape index (κ3) is 1.30. The molecule has 12 heavy (non-hydrogen) atoms. The Morgan fingerprint density at radius 1 is 1.33 bits per heavy atom. The van der Waals surface area contributed by atoms with E-state index in [1.807, 2.05) is 24.3 Å². The minimum Gasteiger partial charge on any atom is -0.298 e. The summed E-state index contributed by atoms with van der Waals surface area (Å²) >= 11 is 1.72. The minimum atomic E-state index is 0.806. The third-order valence-corrected chi connectivity index (χ3v) is 2.97. The number of carbonyl (C=O) groups excluding carboxylic acids is 1. The maximum Gasteiger partial charge on any atom is 0.146 e. The van der Waals surface area contributed by atoms with Crippen LogP contribution < -0.4 is 0 Å². The van der Waals surface area contributed by atoms with Crippen molar-refractivity contribution in [2.75, 3.05) is 5.75 Å². The standard InChI is InChI=1S/C10H8OS/c11-6-8-5-9-3-1-2-4-10(9)12-7-8/h1-6H,7H2. The Labute approximate surface area is 75.5 Å². The van der Waals surface area contributed by atoms with Crippen molar-refractivity contribution in [2.24, 2.45) is 0 Å². The van der Waals surface area contributed by atoms with Gasteiger partial charge in [0.2, 0.25) is 0 Å². The van der Waals surface area contributed by atoms with E-state index in [2.05, 4.69) is 6.07 Å². The molecule has 2 rings (SSSR count). The zero-order valence-electron chi connectivity index (χ0n) is 6.49. The average molecular weight is 176 g/mol. The Morgan fingerprint density at radius 3 is 3.00 bits per heavy atom. The van der Waals surface area contributed by atoms with Gasteiger partial charge in [0.1, 0.15) is 6.29 Å². The summed E-state index contributed by atoms with van der Waals surface area (Å²) in [6.07, 6.45) is 2.89. The number of fused-ring (bicyclic) bond motifs is 1. The lowest BCUT2D eigenvalue weighted by atomic mass is 10.1. The lowest BCUT2D eigenvalue weighted by molar-refractivity contribution is -0.104. The highest BCUT2D eigenvalue weighted by atomic mass is 32.2. The lowest BCUT2D eigenvalue weighted by Gasteiger charge is -2.11. The molecule has 0 spiro atoms. The van der Waals surface area contributed by atoms with Crippen molar-refractivity contribution >= 4 is 24.1 Å². The van der Waals surface area contributed by atoms with E-state index in [0.29, 0.717) is 0 Å². The molecule has 0 aromatic heterocycles. The fourth-order valence-electron chi connectivity index (χ4n) is 1.20. The topological polar surface area (TPSA) is 17.1 Å². The van der Waals surface area contributed by atoms with E-state index in [0.717, 1.165) is 23.2 Å². The van der Waals surface area contributed by atoms with Crippen LogP contribution in [0.4, 0.5) is 0 Å². The van der Waals surface area contributed by atoms with Crippen molar-refractivity contribution in [3.63, 3.8) is 0 Å². The molecular weight excluding hydrogens is 168 g/mol. The van der Waals surface area contributed by atoms with Crippen LogP contribution in [-0.2, 0) is 4.79 Å². The number of carbonyl (C=O) groups is 1. The number of aldehydes is 1. The van der Waals surface area contributed by atoms with Crippen molar-refractivity contribution in [3.05, 3.63) is 35.4 Å². The van der Waals surface area contributed by atoms with Crippen LogP contribution in [0.2, 0.25) is 0 Å². The van der Waals surface area contributed by atoms with Gasteiger partial charge >= 0.3 is 0 Å². The maximum absolute atomic E-state index is 10.5. The van der Waals surface area contributed by atoms with E-state index in [-0.39, 0.29) is 0 Å². The van der Waals surface area contributed by atoms with Crippen molar-refractivity contribution in [1.29, 1.82) is 0 Å². The van der Waals surface area contributed by atoms with Gasteiger partial charge in [-0.15, -0.1) is 11.8 Å². The largest absolute Gasteiger partial charge is 0.298 e. The average Bonchev–Trinajstić information content (AvgIpc) is 2.17. The second-order valence-corrected chi connectivity index (χ2v) is 3.68. The highest BCUT2D eigenvalue weighted by Crippen LogP contribution is 2.30. The second kappa shape index (κ2) is 3.15. The van der Waals surface area contributed by atoms with Crippen LogP contribution in [0.1, 0.15) is 5.56 Å². The molecule has 0 unspecified atom stereocenters. The van der Waals surface area contributed by atoms with Gasteiger partial charge in [0.15, 0.2) is 0 Å². The van der Waals surface area contributed by atoms with Gasteiger partial charge in [-0.3, -0.25) is 4.79 Å². The molecule has 0 N–H and O–H groups in total. The predicted octanol–water partition coefficient (Wildman–Crippen LogP) is 2.37. The summed E-state index contributed by atoms with van der Waals surface area (Å²) in [7, 11) is 0. The molecule has 0 aliphatic carbocycles. The molecular formula is C10H8OS. The molecule has 0 fully saturated rings. The van der Waals surface area contributed by atoms with Gasteiger partial charge in [-0.1, -0.05) is 18.2 Å². The molecule has 60 valence electrons. The third-order valence-electron chi connectivity index (χ3n) is 1.81. The van der Waals surface area contributed by atoms with Crippen molar-refractivity contribution in [1.82, 2.24) is 0 Å². The molecule has 1 aromatic carbocycles. The van der Waals surface area contributed by atoms with E-state index < -0.39 is 0 Å². The van der Waals surface area contributed by atoms with Gasteiger partial charge in [0.05, 0.1) is 0 Å². The molecule has 1 aliphatic heterocycles. The number of rotatable bonds is 1. The molecule has 2 heteroatoms. The first kappa shape index (κ1) is 7.62. The van der Waals surface area contributed by atoms with Crippen molar-refractivity contribution in [3.8, 4) is 0 Å². The van der Waals surface area contributed by atoms with E-state index in [1.54, 1.807) is 11.8 Å². The maximum atomic E-state index is 10.5. The number of benzene rings is 1. The van der Waals surface area contributed by atoms with E-state index >= 15 is 0 Å². The molecule has 0 amide bonds. The summed E-state index contributed by atoms with van der Waals surface area (Å²) in [5, 5.41) is 0. The van der Waals surface area contributed by atoms with Gasteiger partial charge in [-0.05, 0) is 17.7 Å². The first-order valence-corrected chi connectivity index (χ1v) is 4.76. The summed E-state index contributed by atoms with van der Waals surface area (Å²) < 4.78 is 0. The van der Waals surface area contributed by atoms with Crippen molar-refractivity contribution < 1.29 is 4.79 Å². The SMILES string of the molecule is O=CC1=Cc2ccccc2SC1. The molecule has 0 saturated carbocycles. The smallest absolute Gasteiger partial charge is 0.146 e. The van der Waals surface area contributed by atoms with Crippen molar-refractivity contribution in [2.45, 2.75) is 4.90 Å². The number of hydrogen-bond acceptors (Lipinski definition) is 2. The Bertz CT molecular complexity index is 341. The minimum absolute atomic E-state index is 0.806.